The summed E-state index contributed by atoms with van der Waals surface area (Å²) in [6.07, 6.45) is 0.652. The van der Waals surface area contributed by atoms with Crippen LogP contribution in [0.15, 0.2) is 65.1 Å². The number of methoxy groups -OCH3 is 1. The lowest BCUT2D eigenvalue weighted by Crippen LogP contribution is -2.11. The van der Waals surface area contributed by atoms with Gasteiger partial charge in [0, 0.05) is 22.9 Å². The standard InChI is InChI=1S/C19H15NO4/c1-23-16-4-2-3-15(11-16)20-19(22)14-7-5-13(6-8-14)18-10-9-17(12-21)24-18/h2-12H,1H3,(H,20,22). The normalized spacial score (nSPS) is 10.2. The number of nitrogens with one attached hydrogen (secondary N) is 1. The summed E-state index contributed by atoms with van der Waals surface area (Å²) in [5.41, 5.74) is 1.97. The Kier molecular flexibility index (Phi) is 4.43. The summed E-state index contributed by atoms with van der Waals surface area (Å²) in [4.78, 5) is 22.9. The maximum Gasteiger partial charge on any atom is 0.255 e. The molecule has 0 aliphatic heterocycles. The third-order valence-corrected chi connectivity index (χ3v) is 3.50. The van der Waals surface area contributed by atoms with Crippen LogP contribution in [-0.4, -0.2) is 19.3 Å². The summed E-state index contributed by atoms with van der Waals surface area (Å²) < 4.78 is 10.5. The third kappa shape index (κ3) is 3.35. The van der Waals surface area contributed by atoms with Crippen LogP contribution >= 0.6 is 0 Å². The molecule has 0 bridgehead atoms. The molecule has 0 aliphatic rings. The van der Waals surface area contributed by atoms with Crippen molar-refractivity contribution in [2.75, 3.05) is 12.4 Å². The number of amides is 1. The first-order valence-corrected chi connectivity index (χ1v) is 7.30. The van der Waals surface area contributed by atoms with Crippen molar-refractivity contribution in [3.8, 4) is 17.1 Å². The van der Waals surface area contributed by atoms with Crippen LogP contribution in [0.25, 0.3) is 11.3 Å². The molecule has 3 aromatic rings. The van der Waals surface area contributed by atoms with Crippen LogP contribution in [0.4, 0.5) is 5.69 Å². The monoisotopic (exact) mass is 321 g/mol. The number of aldehydes is 1. The Morgan fingerprint density at radius 3 is 2.54 bits per heavy atom. The van der Waals surface area contributed by atoms with Gasteiger partial charge in [-0.05, 0) is 36.4 Å². The predicted molar refractivity (Wildman–Crippen MR) is 90.5 cm³/mol. The summed E-state index contributed by atoms with van der Waals surface area (Å²) in [7, 11) is 1.57. The zero-order valence-electron chi connectivity index (χ0n) is 13.0. The van der Waals surface area contributed by atoms with Crippen molar-refractivity contribution in [2.24, 2.45) is 0 Å². The van der Waals surface area contributed by atoms with Crippen molar-refractivity contribution in [3.05, 3.63) is 72.0 Å². The Hall–Kier alpha value is -3.34. The lowest BCUT2D eigenvalue weighted by Gasteiger charge is -2.07. The van der Waals surface area contributed by atoms with Crippen molar-refractivity contribution >= 4 is 17.9 Å². The first-order valence-electron chi connectivity index (χ1n) is 7.30. The maximum absolute atomic E-state index is 12.3. The molecule has 2 aromatic carbocycles. The second-order valence-electron chi connectivity index (χ2n) is 5.08. The van der Waals surface area contributed by atoms with E-state index < -0.39 is 0 Å². The SMILES string of the molecule is COc1cccc(NC(=O)c2ccc(-c3ccc(C=O)o3)cc2)c1. The number of benzene rings is 2. The van der Waals surface area contributed by atoms with Crippen molar-refractivity contribution in [1.29, 1.82) is 0 Å². The van der Waals surface area contributed by atoms with E-state index >= 15 is 0 Å². The molecule has 3 rings (SSSR count). The van der Waals surface area contributed by atoms with E-state index in [1.54, 1.807) is 67.8 Å². The van der Waals surface area contributed by atoms with Crippen LogP contribution in [0.5, 0.6) is 5.75 Å². The number of rotatable bonds is 5. The van der Waals surface area contributed by atoms with E-state index in [4.69, 9.17) is 9.15 Å². The highest BCUT2D eigenvalue weighted by atomic mass is 16.5. The van der Waals surface area contributed by atoms with E-state index in [0.717, 1.165) is 5.56 Å². The first-order chi connectivity index (χ1) is 11.7. The molecule has 0 aliphatic carbocycles. The molecule has 1 aromatic heterocycles. The van der Waals surface area contributed by atoms with E-state index in [1.807, 2.05) is 0 Å². The van der Waals surface area contributed by atoms with Gasteiger partial charge in [0.25, 0.3) is 5.91 Å². The molecule has 1 amide bonds. The summed E-state index contributed by atoms with van der Waals surface area (Å²) in [5.74, 6) is 1.30. The van der Waals surface area contributed by atoms with Gasteiger partial charge in [-0.15, -0.1) is 0 Å². The van der Waals surface area contributed by atoms with Crippen molar-refractivity contribution in [1.82, 2.24) is 0 Å². The van der Waals surface area contributed by atoms with Crippen molar-refractivity contribution < 1.29 is 18.7 Å². The van der Waals surface area contributed by atoms with Crippen molar-refractivity contribution in [2.45, 2.75) is 0 Å². The Morgan fingerprint density at radius 1 is 1.08 bits per heavy atom. The minimum absolute atomic E-state index is 0.220. The second kappa shape index (κ2) is 6.83. The number of carbonyl (C=O) groups is 2. The molecule has 0 atom stereocenters. The van der Waals surface area contributed by atoms with E-state index in [9.17, 15) is 9.59 Å². The Morgan fingerprint density at radius 2 is 1.88 bits per heavy atom. The van der Waals surface area contributed by atoms with Gasteiger partial charge in [0.15, 0.2) is 12.0 Å². The van der Waals surface area contributed by atoms with Crippen LogP contribution in [-0.2, 0) is 0 Å². The van der Waals surface area contributed by atoms with Gasteiger partial charge in [-0.2, -0.15) is 0 Å². The number of ether oxygens (including phenoxy) is 1. The van der Waals surface area contributed by atoms with E-state index in [1.165, 1.54) is 0 Å². The molecule has 120 valence electrons. The molecular weight excluding hydrogens is 306 g/mol. The minimum Gasteiger partial charge on any atom is -0.497 e. The highest BCUT2D eigenvalue weighted by Gasteiger charge is 2.09. The largest absolute Gasteiger partial charge is 0.497 e. The molecule has 0 spiro atoms. The molecule has 0 saturated heterocycles. The second-order valence-corrected chi connectivity index (χ2v) is 5.08. The Bertz CT molecular complexity index is 865. The molecule has 1 N–H and O–H groups in total. The van der Waals surface area contributed by atoms with E-state index in [-0.39, 0.29) is 11.7 Å². The summed E-state index contributed by atoms with van der Waals surface area (Å²) in [6, 6.07) is 17.4. The number of hydrogen-bond acceptors (Lipinski definition) is 4. The fourth-order valence-corrected chi connectivity index (χ4v) is 2.26. The van der Waals surface area contributed by atoms with E-state index in [2.05, 4.69) is 5.32 Å². The topological polar surface area (TPSA) is 68.5 Å². The average molecular weight is 321 g/mol. The van der Waals surface area contributed by atoms with E-state index in [0.29, 0.717) is 29.0 Å². The lowest BCUT2D eigenvalue weighted by atomic mass is 10.1. The molecule has 0 radical (unpaired) electrons. The highest BCUT2D eigenvalue weighted by Crippen LogP contribution is 2.23. The molecular formula is C19H15NO4. The minimum atomic E-state index is -0.220. The fourth-order valence-electron chi connectivity index (χ4n) is 2.26. The smallest absolute Gasteiger partial charge is 0.255 e. The third-order valence-electron chi connectivity index (χ3n) is 3.50. The molecule has 5 nitrogen and oxygen atoms in total. The van der Waals surface area contributed by atoms with Gasteiger partial charge in [-0.1, -0.05) is 18.2 Å². The average Bonchev–Trinajstić information content (AvgIpc) is 3.11. The maximum atomic E-state index is 12.3. The fraction of sp³-hybridized carbons (Fsp3) is 0.0526. The van der Waals surface area contributed by atoms with Crippen LogP contribution in [0, 0.1) is 0 Å². The van der Waals surface area contributed by atoms with Gasteiger partial charge < -0.3 is 14.5 Å². The summed E-state index contributed by atoms with van der Waals surface area (Å²) in [6.45, 7) is 0. The lowest BCUT2D eigenvalue weighted by molar-refractivity contribution is 0.102. The van der Waals surface area contributed by atoms with Gasteiger partial charge in [-0.25, -0.2) is 0 Å². The molecule has 5 heteroatoms. The van der Waals surface area contributed by atoms with Gasteiger partial charge in [0.05, 0.1) is 7.11 Å². The van der Waals surface area contributed by atoms with Gasteiger partial charge >= 0.3 is 0 Å². The van der Waals surface area contributed by atoms with Crippen LogP contribution < -0.4 is 10.1 Å². The number of hydrogen-bond donors (Lipinski definition) is 1. The zero-order chi connectivity index (χ0) is 16.9. The molecule has 0 fully saturated rings. The number of anilines is 1. The first kappa shape index (κ1) is 15.6. The van der Waals surface area contributed by atoms with Gasteiger partial charge in [0.1, 0.15) is 11.5 Å². The highest BCUT2D eigenvalue weighted by molar-refractivity contribution is 6.04. The number of furan rings is 1. The Balaban J connectivity index is 1.74. The predicted octanol–water partition coefficient (Wildman–Crippen LogP) is 4.02. The molecule has 0 unspecified atom stereocenters. The Labute approximate surface area is 138 Å². The van der Waals surface area contributed by atoms with Crippen LogP contribution in [0.2, 0.25) is 0 Å². The molecule has 24 heavy (non-hydrogen) atoms. The quantitative estimate of drug-likeness (QED) is 0.721. The zero-order valence-corrected chi connectivity index (χ0v) is 13.0. The van der Waals surface area contributed by atoms with Crippen LogP contribution in [0.1, 0.15) is 20.9 Å². The van der Waals surface area contributed by atoms with Gasteiger partial charge in [0.2, 0.25) is 0 Å². The molecule has 0 saturated carbocycles. The molecule has 1 heterocycles. The summed E-state index contributed by atoms with van der Waals surface area (Å²) >= 11 is 0. The van der Waals surface area contributed by atoms with Crippen molar-refractivity contribution in [3.63, 3.8) is 0 Å². The number of carbonyl (C=O) groups excluding carboxylic acids is 2. The van der Waals surface area contributed by atoms with Crippen LogP contribution in [0.3, 0.4) is 0 Å². The van der Waals surface area contributed by atoms with Gasteiger partial charge in [-0.3, -0.25) is 9.59 Å². The summed E-state index contributed by atoms with van der Waals surface area (Å²) in [5, 5.41) is 2.82.